The van der Waals surface area contributed by atoms with Crippen LogP contribution in [0.4, 0.5) is 5.69 Å². The number of benzene rings is 2. The Balaban J connectivity index is 1.95. The zero-order valence-electron chi connectivity index (χ0n) is 13.7. The van der Waals surface area contributed by atoms with Crippen LogP contribution in [0.2, 0.25) is 5.02 Å². The summed E-state index contributed by atoms with van der Waals surface area (Å²) < 4.78 is 5.23. The number of oxime groups is 1. The van der Waals surface area contributed by atoms with Crippen molar-refractivity contribution in [3.8, 4) is 5.75 Å². The molecule has 6 heteroatoms. The molecule has 126 valence electrons. The van der Waals surface area contributed by atoms with Gasteiger partial charge in [-0.25, -0.2) is 0 Å². The predicted octanol–water partition coefficient (Wildman–Crippen LogP) is 4.03. The van der Waals surface area contributed by atoms with Crippen LogP contribution in [0.3, 0.4) is 0 Å². The number of rotatable bonds is 6. The maximum atomic E-state index is 12.2. The standard InChI is InChI=1S/C18H19ClN2O3/c1-12-4-9-17(23-3)16(10-12)21-18(22)13(2)24-20-11-14-5-7-15(19)8-6-14/h4-11,13H,1-3H3,(H,21,22)/b20-11+. The van der Waals surface area contributed by atoms with Gasteiger partial charge in [-0.3, -0.25) is 4.79 Å². The van der Waals surface area contributed by atoms with E-state index in [0.717, 1.165) is 11.1 Å². The first kappa shape index (κ1) is 17.8. The van der Waals surface area contributed by atoms with Crippen LogP contribution in [0.5, 0.6) is 5.75 Å². The SMILES string of the molecule is COc1ccc(C)cc1NC(=O)C(C)O/N=C/c1ccc(Cl)cc1. The van der Waals surface area contributed by atoms with E-state index < -0.39 is 6.10 Å². The van der Waals surface area contributed by atoms with Gasteiger partial charge in [-0.05, 0) is 49.2 Å². The Hall–Kier alpha value is -2.53. The third-order valence-corrected chi connectivity index (χ3v) is 3.52. The first-order valence-corrected chi connectivity index (χ1v) is 7.77. The normalized spacial score (nSPS) is 12.0. The zero-order chi connectivity index (χ0) is 17.5. The molecule has 0 heterocycles. The number of methoxy groups -OCH3 is 1. The van der Waals surface area contributed by atoms with Gasteiger partial charge < -0.3 is 14.9 Å². The summed E-state index contributed by atoms with van der Waals surface area (Å²) in [4.78, 5) is 17.4. The molecule has 0 spiro atoms. The van der Waals surface area contributed by atoms with Crippen LogP contribution in [-0.4, -0.2) is 25.3 Å². The van der Waals surface area contributed by atoms with Gasteiger partial charge >= 0.3 is 0 Å². The highest BCUT2D eigenvalue weighted by Crippen LogP contribution is 2.25. The second-order valence-electron chi connectivity index (χ2n) is 5.23. The molecule has 0 saturated carbocycles. The van der Waals surface area contributed by atoms with Gasteiger partial charge in [0.05, 0.1) is 19.0 Å². The largest absolute Gasteiger partial charge is 0.495 e. The summed E-state index contributed by atoms with van der Waals surface area (Å²) in [6, 6.07) is 12.7. The molecule has 0 aromatic heterocycles. The quantitative estimate of drug-likeness (QED) is 0.634. The van der Waals surface area contributed by atoms with E-state index in [1.54, 1.807) is 44.4 Å². The fourth-order valence-electron chi connectivity index (χ4n) is 1.93. The minimum absolute atomic E-state index is 0.313. The number of hydrogen-bond donors (Lipinski definition) is 1. The molecule has 2 rings (SSSR count). The van der Waals surface area contributed by atoms with Gasteiger partial charge in [-0.2, -0.15) is 0 Å². The van der Waals surface area contributed by atoms with Gasteiger partial charge in [0.25, 0.3) is 5.91 Å². The van der Waals surface area contributed by atoms with Crippen molar-refractivity contribution in [2.75, 3.05) is 12.4 Å². The second-order valence-corrected chi connectivity index (χ2v) is 5.66. The predicted molar refractivity (Wildman–Crippen MR) is 96.0 cm³/mol. The molecule has 1 unspecified atom stereocenters. The van der Waals surface area contributed by atoms with Crippen molar-refractivity contribution in [1.29, 1.82) is 0 Å². The summed E-state index contributed by atoms with van der Waals surface area (Å²) in [6.45, 7) is 3.56. The molecule has 2 aromatic rings. The summed E-state index contributed by atoms with van der Waals surface area (Å²) in [5, 5.41) is 7.26. The molecular weight excluding hydrogens is 328 g/mol. The minimum atomic E-state index is -0.751. The van der Waals surface area contributed by atoms with Gasteiger partial charge in [0, 0.05) is 5.02 Å². The molecule has 2 aromatic carbocycles. The number of carbonyl (C=O) groups is 1. The van der Waals surface area contributed by atoms with Crippen molar-refractivity contribution in [2.45, 2.75) is 20.0 Å². The lowest BCUT2D eigenvalue weighted by molar-refractivity contribution is -0.126. The van der Waals surface area contributed by atoms with Crippen LogP contribution >= 0.6 is 11.6 Å². The third kappa shape index (κ3) is 4.99. The molecule has 0 aliphatic carbocycles. The Kier molecular flexibility index (Phi) is 6.21. The lowest BCUT2D eigenvalue weighted by Gasteiger charge is -2.13. The monoisotopic (exact) mass is 346 g/mol. The van der Waals surface area contributed by atoms with E-state index >= 15 is 0 Å². The number of nitrogens with one attached hydrogen (secondary N) is 1. The average Bonchev–Trinajstić information content (AvgIpc) is 2.56. The maximum Gasteiger partial charge on any atom is 0.268 e. The van der Waals surface area contributed by atoms with E-state index in [1.165, 1.54) is 6.21 Å². The van der Waals surface area contributed by atoms with Gasteiger partial charge in [0.2, 0.25) is 6.10 Å². The molecule has 0 fully saturated rings. The fourth-order valence-corrected chi connectivity index (χ4v) is 2.06. The highest BCUT2D eigenvalue weighted by atomic mass is 35.5. The fraction of sp³-hybridized carbons (Fsp3) is 0.222. The molecule has 0 radical (unpaired) electrons. The molecule has 24 heavy (non-hydrogen) atoms. The highest BCUT2D eigenvalue weighted by Gasteiger charge is 2.16. The van der Waals surface area contributed by atoms with Crippen molar-refractivity contribution < 1.29 is 14.4 Å². The van der Waals surface area contributed by atoms with Crippen molar-refractivity contribution >= 4 is 29.4 Å². The van der Waals surface area contributed by atoms with Crippen LogP contribution in [0.1, 0.15) is 18.1 Å². The van der Waals surface area contributed by atoms with E-state index in [1.807, 2.05) is 19.1 Å². The van der Waals surface area contributed by atoms with Crippen LogP contribution in [-0.2, 0) is 9.63 Å². The number of hydrogen-bond acceptors (Lipinski definition) is 4. The number of halogens is 1. The van der Waals surface area contributed by atoms with E-state index in [4.69, 9.17) is 21.2 Å². The first-order chi connectivity index (χ1) is 11.5. The van der Waals surface area contributed by atoms with Crippen LogP contribution in [0.25, 0.3) is 0 Å². The van der Waals surface area contributed by atoms with E-state index in [2.05, 4.69) is 10.5 Å². The Morgan fingerprint density at radius 2 is 1.96 bits per heavy atom. The molecule has 1 amide bonds. The number of aryl methyl sites for hydroxylation is 1. The number of ether oxygens (including phenoxy) is 1. The summed E-state index contributed by atoms with van der Waals surface area (Å²) in [5.41, 5.74) is 2.44. The van der Waals surface area contributed by atoms with Gasteiger partial charge in [0.15, 0.2) is 0 Å². The van der Waals surface area contributed by atoms with Crippen molar-refractivity contribution in [3.05, 3.63) is 58.6 Å². The van der Waals surface area contributed by atoms with Crippen LogP contribution in [0.15, 0.2) is 47.6 Å². The molecule has 0 aliphatic rings. The summed E-state index contributed by atoms with van der Waals surface area (Å²) >= 11 is 5.81. The number of nitrogens with zero attached hydrogens (tertiary/aromatic N) is 1. The maximum absolute atomic E-state index is 12.2. The summed E-state index contributed by atoms with van der Waals surface area (Å²) in [5.74, 6) is 0.276. The second kappa shape index (κ2) is 8.36. The van der Waals surface area contributed by atoms with Gasteiger partial charge in [0.1, 0.15) is 5.75 Å². The Bertz CT molecular complexity index is 730. The molecule has 0 saturated heterocycles. The van der Waals surface area contributed by atoms with Crippen molar-refractivity contribution in [2.24, 2.45) is 5.16 Å². The van der Waals surface area contributed by atoms with E-state index in [0.29, 0.717) is 16.5 Å². The van der Waals surface area contributed by atoms with E-state index in [9.17, 15) is 4.79 Å². The Morgan fingerprint density at radius 3 is 2.62 bits per heavy atom. The number of anilines is 1. The summed E-state index contributed by atoms with van der Waals surface area (Å²) in [7, 11) is 1.55. The van der Waals surface area contributed by atoms with Crippen molar-refractivity contribution in [1.82, 2.24) is 0 Å². The molecule has 1 atom stereocenters. The zero-order valence-corrected chi connectivity index (χ0v) is 14.5. The number of amides is 1. The van der Waals surface area contributed by atoms with Crippen LogP contribution < -0.4 is 10.1 Å². The molecule has 0 bridgehead atoms. The smallest absolute Gasteiger partial charge is 0.268 e. The molecular formula is C18H19ClN2O3. The topological polar surface area (TPSA) is 59.9 Å². The minimum Gasteiger partial charge on any atom is -0.495 e. The lowest BCUT2D eigenvalue weighted by atomic mass is 10.2. The number of carbonyl (C=O) groups excluding carboxylic acids is 1. The lowest BCUT2D eigenvalue weighted by Crippen LogP contribution is -2.26. The molecule has 0 aliphatic heterocycles. The van der Waals surface area contributed by atoms with Gasteiger partial charge in [-0.15, -0.1) is 0 Å². The molecule has 5 nitrogen and oxygen atoms in total. The Labute approximate surface area is 146 Å². The summed E-state index contributed by atoms with van der Waals surface area (Å²) in [6.07, 6.45) is 0.770. The van der Waals surface area contributed by atoms with Crippen LogP contribution in [0, 0.1) is 6.92 Å². The van der Waals surface area contributed by atoms with E-state index in [-0.39, 0.29) is 5.91 Å². The Morgan fingerprint density at radius 1 is 1.25 bits per heavy atom. The average molecular weight is 347 g/mol. The molecule has 1 N–H and O–H groups in total. The van der Waals surface area contributed by atoms with Gasteiger partial charge in [-0.1, -0.05) is 35.0 Å². The van der Waals surface area contributed by atoms with Crippen molar-refractivity contribution in [3.63, 3.8) is 0 Å². The highest BCUT2D eigenvalue weighted by molar-refractivity contribution is 6.30. The first-order valence-electron chi connectivity index (χ1n) is 7.40. The third-order valence-electron chi connectivity index (χ3n) is 3.27.